The summed E-state index contributed by atoms with van der Waals surface area (Å²) in [5, 5.41) is 25.9. The van der Waals surface area contributed by atoms with E-state index in [2.05, 4.69) is 10.4 Å². The first-order valence-corrected chi connectivity index (χ1v) is 6.40. The molecule has 0 unspecified atom stereocenters. The second-order valence-electron chi connectivity index (χ2n) is 4.22. The first kappa shape index (κ1) is 15.4. The number of para-hydroxylation sites is 2. The molecule has 0 aliphatic carbocycles. The highest BCUT2D eigenvalue weighted by molar-refractivity contribution is 5.92. The van der Waals surface area contributed by atoms with Crippen LogP contribution in [0.3, 0.4) is 0 Å². The second kappa shape index (κ2) is 7.18. The Morgan fingerprint density at radius 1 is 1.41 bits per heavy atom. The van der Waals surface area contributed by atoms with Crippen LogP contribution in [-0.4, -0.2) is 38.9 Å². The van der Waals surface area contributed by atoms with Crippen LogP contribution in [0, 0.1) is 10.1 Å². The summed E-state index contributed by atoms with van der Waals surface area (Å²) in [6, 6.07) is 7.47. The van der Waals surface area contributed by atoms with Gasteiger partial charge in [0.15, 0.2) is 12.5 Å². The van der Waals surface area contributed by atoms with E-state index in [1.165, 1.54) is 29.1 Å². The van der Waals surface area contributed by atoms with Crippen molar-refractivity contribution in [3.8, 4) is 5.75 Å². The highest BCUT2D eigenvalue weighted by Crippen LogP contribution is 2.25. The largest absolute Gasteiger partial charge is 0.464 e. The molecule has 0 saturated carbocycles. The van der Waals surface area contributed by atoms with Crippen LogP contribution in [-0.2, 0) is 6.73 Å². The summed E-state index contributed by atoms with van der Waals surface area (Å²) in [4.78, 5) is 21.9. The third kappa shape index (κ3) is 3.79. The normalized spacial score (nSPS) is 10.2. The summed E-state index contributed by atoms with van der Waals surface area (Å²) >= 11 is 0. The van der Waals surface area contributed by atoms with Gasteiger partial charge in [-0.05, 0) is 12.1 Å². The van der Waals surface area contributed by atoms with Crippen molar-refractivity contribution < 1.29 is 19.6 Å². The van der Waals surface area contributed by atoms with Crippen LogP contribution in [0.2, 0.25) is 0 Å². The first-order valence-electron chi connectivity index (χ1n) is 6.40. The molecule has 0 aliphatic rings. The molecule has 2 rings (SSSR count). The average molecular weight is 306 g/mol. The van der Waals surface area contributed by atoms with E-state index < -0.39 is 10.8 Å². The number of hydrogen-bond acceptors (Lipinski definition) is 6. The number of carbonyl (C=O) groups excluding carboxylic acids is 1. The molecule has 0 spiro atoms. The number of nitrogens with one attached hydrogen (secondary N) is 1. The SMILES string of the molecule is O=C(NCCO)c1ccn(COc2ccccc2[N+](=O)[O-])n1. The van der Waals surface area contributed by atoms with Crippen molar-refractivity contribution in [2.75, 3.05) is 13.2 Å². The lowest BCUT2D eigenvalue weighted by Gasteiger charge is -2.06. The summed E-state index contributed by atoms with van der Waals surface area (Å²) < 4.78 is 6.68. The number of nitro groups is 1. The lowest BCUT2D eigenvalue weighted by Crippen LogP contribution is -2.26. The summed E-state index contributed by atoms with van der Waals surface area (Å²) in [6.07, 6.45) is 1.52. The van der Waals surface area contributed by atoms with E-state index in [1.54, 1.807) is 12.1 Å². The van der Waals surface area contributed by atoms with Gasteiger partial charge in [0.05, 0.1) is 11.5 Å². The van der Waals surface area contributed by atoms with Gasteiger partial charge < -0.3 is 15.2 Å². The molecule has 1 aromatic carbocycles. The van der Waals surface area contributed by atoms with Gasteiger partial charge >= 0.3 is 5.69 Å². The predicted octanol–water partition coefficient (Wildman–Crippen LogP) is 0.550. The van der Waals surface area contributed by atoms with Crippen LogP contribution in [0.1, 0.15) is 10.5 Å². The standard InChI is InChI=1S/C13H14N4O5/c18-8-6-14-13(19)10-5-7-16(15-10)9-22-12-4-2-1-3-11(12)17(20)21/h1-5,7,18H,6,8-9H2,(H,14,19). The fraction of sp³-hybridized carbons (Fsp3) is 0.231. The molecule has 1 heterocycles. The van der Waals surface area contributed by atoms with Crippen molar-refractivity contribution in [1.82, 2.24) is 15.1 Å². The van der Waals surface area contributed by atoms with E-state index in [1.807, 2.05) is 0 Å². The number of ether oxygens (including phenoxy) is 1. The Hall–Kier alpha value is -2.94. The van der Waals surface area contributed by atoms with Gasteiger partial charge in [-0.2, -0.15) is 5.10 Å². The topological polar surface area (TPSA) is 120 Å². The van der Waals surface area contributed by atoms with Crippen LogP contribution in [0.15, 0.2) is 36.5 Å². The van der Waals surface area contributed by atoms with Crippen LogP contribution < -0.4 is 10.1 Å². The van der Waals surface area contributed by atoms with E-state index in [4.69, 9.17) is 9.84 Å². The van der Waals surface area contributed by atoms with Crippen LogP contribution in [0.5, 0.6) is 5.75 Å². The van der Waals surface area contributed by atoms with Gasteiger partial charge in [-0.1, -0.05) is 12.1 Å². The molecule has 2 N–H and O–H groups in total. The predicted molar refractivity (Wildman–Crippen MR) is 75.4 cm³/mol. The molecule has 0 bridgehead atoms. The van der Waals surface area contributed by atoms with Crippen LogP contribution in [0.25, 0.3) is 0 Å². The van der Waals surface area contributed by atoms with Crippen molar-refractivity contribution in [3.05, 3.63) is 52.3 Å². The van der Waals surface area contributed by atoms with E-state index in [0.717, 1.165) is 0 Å². The number of rotatable bonds is 7. The van der Waals surface area contributed by atoms with E-state index in [-0.39, 0.29) is 37.0 Å². The maximum absolute atomic E-state index is 11.6. The molecule has 2 aromatic rings. The third-order valence-electron chi connectivity index (χ3n) is 2.68. The lowest BCUT2D eigenvalue weighted by atomic mass is 10.3. The second-order valence-corrected chi connectivity index (χ2v) is 4.22. The maximum Gasteiger partial charge on any atom is 0.311 e. The van der Waals surface area contributed by atoms with Crippen molar-refractivity contribution in [2.45, 2.75) is 6.73 Å². The minimum atomic E-state index is -0.536. The Kier molecular flexibility index (Phi) is 5.04. The lowest BCUT2D eigenvalue weighted by molar-refractivity contribution is -0.386. The van der Waals surface area contributed by atoms with Gasteiger partial charge in [0, 0.05) is 18.8 Å². The van der Waals surface area contributed by atoms with Gasteiger partial charge in [0.25, 0.3) is 5.91 Å². The van der Waals surface area contributed by atoms with E-state index in [0.29, 0.717) is 0 Å². The van der Waals surface area contributed by atoms with Crippen molar-refractivity contribution in [1.29, 1.82) is 0 Å². The van der Waals surface area contributed by atoms with Crippen molar-refractivity contribution in [3.63, 3.8) is 0 Å². The average Bonchev–Trinajstić information content (AvgIpc) is 2.99. The van der Waals surface area contributed by atoms with Crippen molar-refractivity contribution >= 4 is 11.6 Å². The van der Waals surface area contributed by atoms with Crippen molar-refractivity contribution in [2.24, 2.45) is 0 Å². The smallest absolute Gasteiger partial charge is 0.311 e. The minimum absolute atomic E-state index is 0.0713. The monoisotopic (exact) mass is 306 g/mol. The molecule has 0 saturated heterocycles. The molecule has 0 atom stereocenters. The zero-order chi connectivity index (χ0) is 15.9. The number of hydrogen-bond donors (Lipinski definition) is 2. The van der Waals surface area contributed by atoms with Gasteiger partial charge in [-0.15, -0.1) is 0 Å². The van der Waals surface area contributed by atoms with Gasteiger partial charge in [-0.25, -0.2) is 4.68 Å². The highest BCUT2D eigenvalue weighted by Gasteiger charge is 2.14. The molecule has 1 amide bonds. The van der Waals surface area contributed by atoms with Gasteiger partial charge in [0.2, 0.25) is 0 Å². The van der Waals surface area contributed by atoms with Crippen LogP contribution in [0.4, 0.5) is 5.69 Å². The summed E-state index contributed by atoms with van der Waals surface area (Å²) in [5.74, 6) is -0.298. The molecular weight excluding hydrogens is 292 g/mol. The van der Waals surface area contributed by atoms with Gasteiger partial charge in [0.1, 0.15) is 5.69 Å². The molecule has 0 fully saturated rings. The highest BCUT2D eigenvalue weighted by atomic mass is 16.6. The Morgan fingerprint density at radius 2 is 2.18 bits per heavy atom. The Balaban J connectivity index is 2.00. The van der Waals surface area contributed by atoms with Gasteiger partial charge in [-0.3, -0.25) is 14.9 Å². The third-order valence-corrected chi connectivity index (χ3v) is 2.68. The Labute approximate surface area is 125 Å². The zero-order valence-electron chi connectivity index (χ0n) is 11.5. The molecule has 22 heavy (non-hydrogen) atoms. The molecular formula is C13H14N4O5. The molecule has 0 radical (unpaired) electrons. The minimum Gasteiger partial charge on any atom is -0.464 e. The Bertz CT molecular complexity index is 670. The van der Waals surface area contributed by atoms with E-state index in [9.17, 15) is 14.9 Å². The molecule has 9 nitrogen and oxygen atoms in total. The number of nitro benzene ring substituents is 1. The number of carbonyl (C=O) groups is 1. The quantitative estimate of drug-likeness (QED) is 0.569. The molecule has 9 heteroatoms. The zero-order valence-corrected chi connectivity index (χ0v) is 11.5. The fourth-order valence-electron chi connectivity index (χ4n) is 1.68. The Morgan fingerprint density at radius 3 is 2.91 bits per heavy atom. The number of nitrogens with zero attached hydrogens (tertiary/aromatic N) is 3. The number of amides is 1. The number of benzene rings is 1. The van der Waals surface area contributed by atoms with E-state index >= 15 is 0 Å². The number of aliphatic hydroxyl groups excluding tert-OH is 1. The molecule has 116 valence electrons. The molecule has 0 aliphatic heterocycles. The first-order chi connectivity index (χ1) is 10.6. The summed E-state index contributed by atoms with van der Waals surface area (Å²) in [5.41, 5.74) is 0.0233. The van der Waals surface area contributed by atoms with Crippen LogP contribution >= 0.6 is 0 Å². The maximum atomic E-state index is 11.6. The summed E-state index contributed by atoms with van der Waals surface area (Å²) in [7, 11) is 0. The summed E-state index contributed by atoms with van der Waals surface area (Å²) in [6.45, 7) is -0.0935. The number of aliphatic hydroxyl groups is 1. The number of aromatic nitrogens is 2. The fourth-order valence-corrected chi connectivity index (χ4v) is 1.68. The molecule has 1 aromatic heterocycles.